The molecule has 0 bridgehead atoms. The molecule has 4 aromatic heterocycles. The third-order valence-electron chi connectivity index (χ3n) is 11.3. The van der Waals surface area contributed by atoms with Gasteiger partial charge in [0.15, 0.2) is 22.9 Å². The van der Waals surface area contributed by atoms with Gasteiger partial charge in [-0.1, -0.05) is 46.9 Å². The number of ether oxygens (including phenoxy) is 4. The summed E-state index contributed by atoms with van der Waals surface area (Å²) in [6, 6.07) is 11.3. The number of nitrogens with two attached hydrogens (primary N) is 1. The van der Waals surface area contributed by atoms with E-state index in [-0.39, 0.29) is 81.0 Å². The van der Waals surface area contributed by atoms with Crippen LogP contribution < -0.4 is 45.5 Å². The Morgan fingerprint density at radius 3 is 2.06 bits per heavy atom. The van der Waals surface area contributed by atoms with Gasteiger partial charge < -0.3 is 55.1 Å². The zero-order chi connectivity index (χ0) is 71.3. The van der Waals surface area contributed by atoms with E-state index < -0.39 is 85.4 Å². The molecule has 6 aromatic rings. The van der Waals surface area contributed by atoms with Crippen LogP contribution in [0.2, 0.25) is 10.3 Å². The highest BCUT2D eigenvalue weighted by Crippen LogP contribution is 2.42. The number of para-hydroxylation sites is 2. The lowest BCUT2D eigenvalue weighted by atomic mass is 10.1. The van der Waals surface area contributed by atoms with Crippen molar-refractivity contribution in [2.24, 2.45) is 12.8 Å². The van der Waals surface area contributed by atoms with Gasteiger partial charge in [0.1, 0.15) is 29.9 Å². The number of carbonyl (C=O) groups excluding carboxylic acids is 4. The summed E-state index contributed by atoms with van der Waals surface area (Å²) in [5.74, 6) is -2.17. The molecule has 0 saturated heterocycles. The number of amides is 4. The Morgan fingerprint density at radius 1 is 0.936 bits per heavy atom. The number of anilines is 4. The van der Waals surface area contributed by atoms with Crippen molar-refractivity contribution in [3.8, 4) is 28.8 Å². The van der Waals surface area contributed by atoms with Crippen molar-refractivity contribution in [2.75, 3.05) is 75.1 Å². The van der Waals surface area contributed by atoms with Crippen LogP contribution in [0.5, 0.6) is 17.5 Å². The first-order valence-electron chi connectivity index (χ1n) is 27.2. The summed E-state index contributed by atoms with van der Waals surface area (Å²) in [7, 11) is -0.869. The molecule has 1 aliphatic rings. The van der Waals surface area contributed by atoms with Crippen LogP contribution in [0.4, 0.5) is 45.9 Å². The van der Waals surface area contributed by atoms with E-state index in [1.807, 2.05) is 52.0 Å². The van der Waals surface area contributed by atoms with E-state index in [2.05, 4.69) is 66.9 Å². The number of rotatable bonds is 18. The van der Waals surface area contributed by atoms with Crippen LogP contribution in [0.15, 0.2) is 70.3 Å². The number of pyridine rings is 1. The molecule has 0 spiro atoms. The largest absolute Gasteiger partial charge is 0.489 e. The summed E-state index contributed by atoms with van der Waals surface area (Å²) in [6.07, 6.45) is -3.95. The molecule has 5 heterocycles. The van der Waals surface area contributed by atoms with Gasteiger partial charge in [0, 0.05) is 58.3 Å². The highest BCUT2D eigenvalue weighted by atomic mass is 79.9. The van der Waals surface area contributed by atoms with Crippen LogP contribution in [0, 0.1) is 5.82 Å². The summed E-state index contributed by atoms with van der Waals surface area (Å²) < 4.78 is 112. The van der Waals surface area contributed by atoms with Gasteiger partial charge >= 0.3 is 24.1 Å². The van der Waals surface area contributed by atoms with Gasteiger partial charge in [-0.25, -0.2) is 23.7 Å². The first kappa shape index (κ1) is 80.7. The molecule has 3 unspecified atom stereocenters. The predicted molar refractivity (Wildman–Crippen MR) is 347 cm³/mol. The third-order valence-corrected chi connectivity index (χ3v) is 15.3. The molecule has 7 rings (SSSR count). The predicted octanol–water partition coefficient (Wildman–Crippen LogP) is 9.40. The molecule has 0 fully saturated rings. The molecule has 516 valence electrons. The molecule has 4 amide bonds. The number of nitrogens with one attached hydrogen (secondary N) is 4. The molecule has 0 saturated carbocycles. The number of methoxy groups -OCH3 is 2. The lowest BCUT2D eigenvalue weighted by molar-refractivity contribution is -0.144. The van der Waals surface area contributed by atoms with Crippen molar-refractivity contribution in [1.82, 2.24) is 49.3 Å². The van der Waals surface area contributed by atoms with Gasteiger partial charge in [0.25, 0.3) is 21.8 Å². The molecule has 40 heteroatoms. The quantitative estimate of drug-likeness (QED) is 0.0182. The first-order chi connectivity index (χ1) is 43.7. The number of esters is 1. The number of sulfonamides is 1. The fourth-order valence-corrected chi connectivity index (χ4v) is 10.4. The number of alkyl halides is 5. The lowest BCUT2D eigenvalue weighted by Crippen LogP contribution is -2.47. The van der Waals surface area contributed by atoms with Crippen LogP contribution in [0.1, 0.15) is 74.4 Å². The Balaban J connectivity index is 0.000000319. The van der Waals surface area contributed by atoms with Gasteiger partial charge in [-0.15, -0.1) is 0 Å². The Labute approximate surface area is 565 Å². The molecule has 0 aliphatic carbocycles. The monoisotopic (exact) mass is 1510 g/mol. The molecular formula is C54H67BrCl4F4N15O14PS. The van der Waals surface area contributed by atoms with Crippen LogP contribution in [-0.4, -0.2) is 176 Å². The summed E-state index contributed by atoms with van der Waals surface area (Å²) >= 11 is 25.6. The van der Waals surface area contributed by atoms with Crippen LogP contribution in [0.25, 0.3) is 11.3 Å². The Kier molecular flexibility index (Phi) is 31.3. The number of aliphatic carboxylic acids is 1. The minimum Gasteiger partial charge on any atom is -0.489 e. The maximum absolute atomic E-state index is 14.3. The Morgan fingerprint density at radius 2 is 1.54 bits per heavy atom. The average molecular weight is 1510 g/mol. The van der Waals surface area contributed by atoms with Gasteiger partial charge in [-0.2, -0.15) is 51.6 Å². The Hall–Kier alpha value is -7.50. The van der Waals surface area contributed by atoms with Crippen molar-refractivity contribution >= 4 is 133 Å². The van der Waals surface area contributed by atoms with E-state index in [0.29, 0.717) is 28.9 Å². The van der Waals surface area contributed by atoms with Crippen molar-refractivity contribution < 1.29 is 83.5 Å². The third kappa shape index (κ3) is 25.0. The number of carboxylic acid groups (broad SMARTS) is 1. The molecule has 8 N–H and O–H groups in total. The number of carbonyl (C=O) groups is 5. The lowest BCUT2D eigenvalue weighted by Gasteiger charge is -2.35. The number of aryl methyl sites for hydroxylation is 1. The molecule has 3 atom stereocenters. The molecule has 94 heavy (non-hydrogen) atoms. The second-order valence-corrected chi connectivity index (χ2v) is 26.8. The number of nitrogens with zero attached hydrogens (tertiary/aromatic N) is 10. The number of hydrogen-bond acceptors (Lipinski definition) is 22. The fraction of sp³-hybridized carbons (Fsp3) is 0.407. The minimum absolute atomic E-state index is 0.0412. The van der Waals surface area contributed by atoms with Gasteiger partial charge in [-0.3, -0.25) is 28.9 Å². The maximum Gasteiger partial charge on any atom is 0.434 e. The number of benzene rings is 2. The van der Waals surface area contributed by atoms with Crippen LogP contribution in [0.3, 0.4) is 0 Å². The standard InChI is InChI=1S/C15H12BrClF4N2O2.C15H18N6O6S.C11H11Cl2NO2.C8H14ClN5.C5H12NO4P/c1-6(2)25-14(24)7-4-8(10(18)5-9(7)17)12-11(16)13(15(19,20)21)23(3)22-12;1-21(2)13(22)9-6-5-7-16-12(9)28(24,25)20-15(23)19-14-17-10(26-3)8-11(18-14)27-4;1-7-6-16-9-5-3-2-4-8(9)14(7)11(15)10(12)13;1-4-10-7-12-6(9)13-8(14-7)11-5(2)3;1-11(9,10)3-2-4(6)5(7)8/h4-6H,1-3H3;5-8H,1-4H3,(H2,17,18,19,20,23);2-5,7,10H,6H2,1H3;5H,4H2,1-3H3,(H2,10,11,12,13,14);4H,2-3,6H2,1H3,(H,7,8)(H,9,10). The van der Waals surface area contributed by atoms with Crippen LogP contribution in [-0.2, 0) is 42.1 Å². The average Bonchev–Trinajstić information content (AvgIpc) is 1.62. The SMILES string of the molecule is CC(C)OC(=O)c1cc(-c2nn(C)c(C(F)(F)F)c2Br)c(F)cc1Cl.CC1COc2ccccc2N1C(=O)C(Cl)Cl.CCNc1nc(Cl)nc(NC(C)C)n1.COc1cc(OC)nc(NC(=O)NS(=O)(=O)c2ncccc2C(=O)N(C)C)n1.CP(=O)(O)CCC(N)C(=O)O. The van der Waals surface area contributed by atoms with Crippen molar-refractivity contribution in [3.05, 3.63) is 98.2 Å². The van der Waals surface area contributed by atoms with E-state index in [9.17, 15) is 54.5 Å². The topological polar surface area (TPSA) is 390 Å². The summed E-state index contributed by atoms with van der Waals surface area (Å²) in [6.45, 7) is 13.5. The van der Waals surface area contributed by atoms with Crippen LogP contribution >= 0.6 is 69.7 Å². The van der Waals surface area contributed by atoms with E-state index in [4.69, 9.17) is 81.1 Å². The van der Waals surface area contributed by atoms with Gasteiger partial charge in [0.2, 0.25) is 34.9 Å². The Bertz CT molecular complexity index is 3770. The van der Waals surface area contributed by atoms with Gasteiger partial charge in [0.05, 0.1) is 58.7 Å². The number of aromatic nitrogens is 8. The molecule has 29 nitrogen and oxygen atoms in total. The molecule has 2 aromatic carbocycles. The van der Waals surface area contributed by atoms with E-state index in [1.165, 1.54) is 64.3 Å². The van der Waals surface area contributed by atoms with Crippen molar-refractivity contribution in [2.45, 2.75) is 88.2 Å². The minimum atomic E-state index is -4.69. The normalized spacial score (nSPS) is 13.4. The fourth-order valence-electron chi connectivity index (χ4n) is 7.27. The molecule has 1 aliphatic heterocycles. The van der Waals surface area contributed by atoms with Crippen molar-refractivity contribution in [3.63, 3.8) is 0 Å². The second-order valence-electron chi connectivity index (χ2n) is 20.0. The highest BCUT2D eigenvalue weighted by Gasteiger charge is 2.40. The zero-order valence-corrected chi connectivity index (χ0v) is 58.4. The van der Waals surface area contributed by atoms with Crippen molar-refractivity contribution in [1.29, 1.82) is 0 Å². The number of hydrogen-bond donors (Lipinski definition) is 7. The first-order valence-corrected chi connectivity index (χ1v) is 33.4. The smallest absolute Gasteiger partial charge is 0.434 e. The number of fused-ring (bicyclic) bond motifs is 1. The summed E-state index contributed by atoms with van der Waals surface area (Å²) in [5, 5.41) is 19.6. The maximum atomic E-state index is 14.3. The van der Waals surface area contributed by atoms with E-state index in [1.54, 1.807) is 23.5 Å². The number of carboxylic acids is 1. The number of halogens is 9. The summed E-state index contributed by atoms with van der Waals surface area (Å²) in [4.78, 5) is 92.3. The number of urea groups is 1. The molecule has 0 radical (unpaired) electrons. The second kappa shape index (κ2) is 36.4. The van der Waals surface area contributed by atoms with Gasteiger partial charge in [-0.05, 0) is 112 Å². The van der Waals surface area contributed by atoms with E-state index in [0.717, 1.165) is 31.4 Å². The molecular weight excluding hydrogens is 1440 g/mol. The highest BCUT2D eigenvalue weighted by molar-refractivity contribution is 9.10. The van der Waals surface area contributed by atoms with E-state index >= 15 is 0 Å². The summed E-state index contributed by atoms with van der Waals surface area (Å²) in [5.41, 5.74) is 3.76. The zero-order valence-electron chi connectivity index (χ0n) is 52.1.